The van der Waals surface area contributed by atoms with Crippen molar-refractivity contribution in [1.82, 2.24) is 15.2 Å². The van der Waals surface area contributed by atoms with Gasteiger partial charge < -0.3 is 10.2 Å². The van der Waals surface area contributed by atoms with Crippen LogP contribution >= 0.6 is 0 Å². The maximum Gasteiger partial charge on any atom is 0.141 e. The number of hydrogen-bond donors (Lipinski definition) is 1. The SMILES string of the molecule is CNC(c1ccc(F)cn1)C(C)CN(C)CC1CCC1. The second kappa shape index (κ2) is 7.14. The summed E-state index contributed by atoms with van der Waals surface area (Å²) in [6.07, 6.45) is 5.46. The summed E-state index contributed by atoms with van der Waals surface area (Å²) in [6.45, 7) is 4.45. The largest absolute Gasteiger partial charge is 0.311 e. The Morgan fingerprint density at radius 3 is 2.70 bits per heavy atom. The van der Waals surface area contributed by atoms with Crippen LogP contribution in [0, 0.1) is 17.7 Å². The zero-order chi connectivity index (χ0) is 14.5. The second-order valence-corrected chi connectivity index (χ2v) is 6.16. The van der Waals surface area contributed by atoms with Crippen LogP contribution in [0.3, 0.4) is 0 Å². The van der Waals surface area contributed by atoms with Crippen LogP contribution in [0.15, 0.2) is 18.3 Å². The Morgan fingerprint density at radius 2 is 2.20 bits per heavy atom. The first-order chi connectivity index (χ1) is 9.60. The Morgan fingerprint density at radius 1 is 1.45 bits per heavy atom. The van der Waals surface area contributed by atoms with Crippen LogP contribution < -0.4 is 5.32 Å². The van der Waals surface area contributed by atoms with Gasteiger partial charge in [-0.25, -0.2) is 4.39 Å². The molecule has 2 rings (SSSR count). The summed E-state index contributed by atoms with van der Waals surface area (Å²) in [7, 11) is 4.14. The molecule has 2 atom stereocenters. The molecule has 112 valence electrons. The molecular weight excluding hydrogens is 253 g/mol. The smallest absolute Gasteiger partial charge is 0.141 e. The van der Waals surface area contributed by atoms with E-state index in [4.69, 9.17) is 0 Å². The van der Waals surface area contributed by atoms with Crippen molar-refractivity contribution >= 4 is 0 Å². The van der Waals surface area contributed by atoms with Gasteiger partial charge in [-0.2, -0.15) is 0 Å². The molecule has 2 unspecified atom stereocenters. The zero-order valence-corrected chi connectivity index (χ0v) is 12.8. The first-order valence-corrected chi connectivity index (χ1v) is 7.57. The average Bonchev–Trinajstić information content (AvgIpc) is 2.37. The van der Waals surface area contributed by atoms with Gasteiger partial charge in [-0.3, -0.25) is 4.98 Å². The molecule has 4 heteroatoms. The molecule has 1 aliphatic rings. The summed E-state index contributed by atoms with van der Waals surface area (Å²) in [4.78, 5) is 6.63. The Kier molecular flexibility index (Phi) is 5.49. The molecular formula is C16H26FN3. The van der Waals surface area contributed by atoms with E-state index in [9.17, 15) is 4.39 Å². The van der Waals surface area contributed by atoms with E-state index >= 15 is 0 Å². The lowest BCUT2D eigenvalue weighted by atomic mass is 9.85. The third-order valence-corrected chi connectivity index (χ3v) is 4.34. The van der Waals surface area contributed by atoms with Crippen molar-refractivity contribution in [2.45, 2.75) is 32.2 Å². The van der Waals surface area contributed by atoms with Crippen molar-refractivity contribution in [2.24, 2.45) is 11.8 Å². The third-order valence-electron chi connectivity index (χ3n) is 4.34. The predicted molar refractivity (Wildman–Crippen MR) is 80.0 cm³/mol. The van der Waals surface area contributed by atoms with E-state index in [1.807, 2.05) is 7.05 Å². The normalized spacial score (nSPS) is 18.9. The topological polar surface area (TPSA) is 28.2 Å². The van der Waals surface area contributed by atoms with Gasteiger partial charge in [0.2, 0.25) is 0 Å². The van der Waals surface area contributed by atoms with Crippen molar-refractivity contribution < 1.29 is 4.39 Å². The quantitative estimate of drug-likeness (QED) is 0.832. The number of halogens is 1. The summed E-state index contributed by atoms with van der Waals surface area (Å²) >= 11 is 0. The Bertz CT molecular complexity index is 403. The van der Waals surface area contributed by atoms with Gasteiger partial charge in [0, 0.05) is 13.1 Å². The first-order valence-electron chi connectivity index (χ1n) is 7.57. The molecule has 1 heterocycles. The molecule has 0 spiro atoms. The maximum absolute atomic E-state index is 13.0. The van der Waals surface area contributed by atoms with Crippen LogP contribution in [0.5, 0.6) is 0 Å². The van der Waals surface area contributed by atoms with E-state index in [1.54, 1.807) is 6.07 Å². The van der Waals surface area contributed by atoms with Crippen LogP contribution in [0.1, 0.15) is 37.9 Å². The van der Waals surface area contributed by atoms with E-state index in [0.717, 1.165) is 18.2 Å². The number of nitrogens with zero attached hydrogens (tertiary/aromatic N) is 2. The van der Waals surface area contributed by atoms with Crippen LogP contribution in [0.4, 0.5) is 4.39 Å². The summed E-state index contributed by atoms with van der Waals surface area (Å²) in [5.41, 5.74) is 0.915. The number of rotatable bonds is 7. The van der Waals surface area contributed by atoms with Gasteiger partial charge in [0.05, 0.1) is 17.9 Å². The van der Waals surface area contributed by atoms with Crippen LogP contribution in [-0.2, 0) is 0 Å². The van der Waals surface area contributed by atoms with Gasteiger partial charge in [0.1, 0.15) is 5.82 Å². The Labute approximate surface area is 121 Å². The highest BCUT2D eigenvalue weighted by atomic mass is 19.1. The first kappa shape index (κ1) is 15.4. The molecule has 1 N–H and O–H groups in total. The molecule has 1 aromatic heterocycles. The highest BCUT2D eigenvalue weighted by Crippen LogP contribution is 2.27. The lowest BCUT2D eigenvalue weighted by Crippen LogP contribution is -2.36. The van der Waals surface area contributed by atoms with Gasteiger partial charge in [-0.1, -0.05) is 13.3 Å². The van der Waals surface area contributed by atoms with E-state index < -0.39 is 0 Å². The minimum atomic E-state index is -0.279. The highest BCUT2D eigenvalue weighted by Gasteiger charge is 2.23. The number of hydrogen-bond acceptors (Lipinski definition) is 3. The molecule has 1 saturated carbocycles. The van der Waals surface area contributed by atoms with Crippen LogP contribution in [0.2, 0.25) is 0 Å². The Hall–Kier alpha value is -1.00. The van der Waals surface area contributed by atoms with E-state index in [-0.39, 0.29) is 11.9 Å². The lowest BCUT2D eigenvalue weighted by molar-refractivity contribution is 0.176. The predicted octanol–water partition coefficient (Wildman–Crippen LogP) is 2.85. The lowest BCUT2D eigenvalue weighted by Gasteiger charge is -2.33. The van der Waals surface area contributed by atoms with Gasteiger partial charge in [0.15, 0.2) is 0 Å². The van der Waals surface area contributed by atoms with Crippen molar-refractivity contribution in [3.05, 3.63) is 29.8 Å². The van der Waals surface area contributed by atoms with Crippen molar-refractivity contribution in [1.29, 1.82) is 0 Å². The molecule has 1 aliphatic carbocycles. The summed E-state index contributed by atoms with van der Waals surface area (Å²) in [5, 5.41) is 3.31. The standard InChI is InChI=1S/C16H26FN3/c1-12(10-20(3)11-13-5-4-6-13)16(18-2)15-8-7-14(17)9-19-15/h7-9,12-13,16,18H,4-6,10-11H2,1-3H3. The second-order valence-electron chi connectivity index (χ2n) is 6.16. The monoisotopic (exact) mass is 279 g/mol. The minimum absolute atomic E-state index is 0.166. The van der Waals surface area contributed by atoms with E-state index in [2.05, 4.69) is 29.2 Å². The molecule has 3 nitrogen and oxygen atoms in total. The van der Waals surface area contributed by atoms with Crippen LogP contribution in [0.25, 0.3) is 0 Å². The molecule has 0 aromatic carbocycles. The number of pyridine rings is 1. The third kappa shape index (κ3) is 4.00. The number of nitrogens with one attached hydrogen (secondary N) is 1. The van der Waals surface area contributed by atoms with E-state index in [0.29, 0.717) is 5.92 Å². The fourth-order valence-corrected chi connectivity index (χ4v) is 3.08. The fraction of sp³-hybridized carbons (Fsp3) is 0.688. The molecule has 0 amide bonds. The van der Waals surface area contributed by atoms with Crippen LogP contribution in [-0.4, -0.2) is 37.1 Å². The fourth-order valence-electron chi connectivity index (χ4n) is 3.08. The average molecular weight is 279 g/mol. The molecule has 0 saturated heterocycles. The van der Waals surface area contributed by atoms with E-state index in [1.165, 1.54) is 38.1 Å². The maximum atomic E-state index is 13.0. The zero-order valence-electron chi connectivity index (χ0n) is 12.8. The molecule has 0 aliphatic heterocycles. The number of aromatic nitrogens is 1. The molecule has 0 bridgehead atoms. The van der Waals surface area contributed by atoms with Gasteiger partial charge >= 0.3 is 0 Å². The summed E-state index contributed by atoms with van der Waals surface area (Å²) < 4.78 is 13.0. The minimum Gasteiger partial charge on any atom is -0.311 e. The van der Waals surface area contributed by atoms with Crippen molar-refractivity contribution in [2.75, 3.05) is 27.2 Å². The van der Waals surface area contributed by atoms with Crippen molar-refractivity contribution in [3.8, 4) is 0 Å². The summed E-state index contributed by atoms with van der Waals surface area (Å²) in [5.74, 6) is 1.05. The Balaban J connectivity index is 1.90. The molecule has 1 fully saturated rings. The highest BCUT2D eigenvalue weighted by molar-refractivity contribution is 5.10. The molecule has 0 radical (unpaired) electrons. The molecule has 1 aromatic rings. The van der Waals surface area contributed by atoms with Gasteiger partial charge in [-0.15, -0.1) is 0 Å². The summed E-state index contributed by atoms with van der Waals surface area (Å²) in [6, 6.07) is 3.43. The van der Waals surface area contributed by atoms with Crippen molar-refractivity contribution in [3.63, 3.8) is 0 Å². The van der Waals surface area contributed by atoms with Gasteiger partial charge in [0.25, 0.3) is 0 Å². The molecule has 20 heavy (non-hydrogen) atoms. The van der Waals surface area contributed by atoms with Gasteiger partial charge in [-0.05, 0) is 50.9 Å².